The van der Waals surface area contributed by atoms with E-state index in [1.165, 1.54) is 17.7 Å². The molecule has 0 aromatic carbocycles. The van der Waals surface area contributed by atoms with E-state index in [4.69, 9.17) is 0 Å². The Morgan fingerprint density at radius 1 is 1.59 bits per heavy atom. The molecule has 17 heavy (non-hydrogen) atoms. The number of aliphatic hydroxyl groups is 1. The summed E-state index contributed by atoms with van der Waals surface area (Å²) in [6.07, 6.45) is 3.39. The molecule has 1 aliphatic carbocycles. The van der Waals surface area contributed by atoms with Gasteiger partial charge < -0.3 is 15.3 Å². The summed E-state index contributed by atoms with van der Waals surface area (Å²) in [7, 11) is 2.08. The molecule has 1 unspecified atom stereocenters. The first kappa shape index (κ1) is 13.0. The minimum absolute atomic E-state index is 0.246. The van der Waals surface area contributed by atoms with Crippen molar-refractivity contribution in [3.8, 4) is 0 Å². The molecule has 2 N–H and O–H groups in total. The Labute approximate surface area is 107 Å². The van der Waals surface area contributed by atoms with Gasteiger partial charge in [0.2, 0.25) is 0 Å². The van der Waals surface area contributed by atoms with Gasteiger partial charge in [0, 0.05) is 30.6 Å². The van der Waals surface area contributed by atoms with Gasteiger partial charge in [-0.05, 0) is 37.8 Å². The topological polar surface area (TPSA) is 35.5 Å². The largest absolute Gasteiger partial charge is 0.390 e. The fourth-order valence-electron chi connectivity index (χ4n) is 1.86. The molecule has 1 aromatic rings. The van der Waals surface area contributed by atoms with Gasteiger partial charge in [-0.25, -0.2) is 0 Å². The predicted molar refractivity (Wildman–Crippen MR) is 72.6 cm³/mol. The van der Waals surface area contributed by atoms with E-state index in [1.54, 1.807) is 11.3 Å². The summed E-state index contributed by atoms with van der Waals surface area (Å²) in [5, 5.41) is 15.3. The normalized spacial score (nSPS) is 17.6. The maximum Gasteiger partial charge on any atom is 0.0791 e. The number of hydrogen-bond donors (Lipinski definition) is 2. The van der Waals surface area contributed by atoms with Crippen LogP contribution in [-0.2, 0) is 6.42 Å². The van der Waals surface area contributed by atoms with Crippen molar-refractivity contribution >= 4 is 11.3 Å². The molecule has 1 heterocycles. The Kier molecular flexibility index (Phi) is 4.98. The highest BCUT2D eigenvalue weighted by Crippen LogP contribution is 2.18. The minimum atomic E-state index is -0.246. The molecule has 0 amide bonds. The van der Waals surface area contributed by atoms with Gasteiger partial charge in [0.05, 0.1) is 6.10 Å². The molecule has 2 rings (SSSR count). The van der Waals surface area contributed by atoms with Crippen LogP contribution < -0.4 is 5.32 Å². The van der Waals surface area contributed by atoms with Crippen molar-refractivity contribution in [2.45, 2.75) is 31.4 Å². The molecule has 1 fully saturated rings. The predicted octanol–water partition coefficient (Wildman–Crippen LogP) is 1.34. The molecule has 0 radical (unpaired) electrons. The molecular formula is C13H22N2OS. The lowest BCUT2D eigenvalue weighted by Crippen LogP contribution is -2.37. The minimum Gasteiger partial charge on any atom is -0.390 e. The van der Waals surface area contributed by atoms with Crippen LogP contribution in [0.5, 0.6) is 0 Å². The van der Waals surface area contributed by atoms with Crippen LogP contribution in [0.15, 0.2) is 17.5 Å². The van der Waals surface area contributed by atoms with Crippen molar-refractivity contribution in [2.75, 3.05) is 26.7 Å². The Balaban J connectivity index is 1.57. The fourth-order valence-corrected chi connectivity index (χ4v) is 2.56. The highest BCUT2D eigenvalue weighted by atomic mass is 32.1. The second-order valence-corrected chi connectivity index (χ2v) is 5.96. The number of hydrogen-bond acceptors (Lipinski definition) is 4. The van der Waals surface area contributed by atoms with E-state index in [9.17, 15) is 5.11 Å². The Hall–Kier alpha value is -0.420. The molecular weight excluding hydrogens is 232 g/mol. The molecule has 0 bridgehead atoms. The molecule has 1 aromatic heterocycles. The Morgan fingerprint density at radius 3 is 3.06 bits per heavy atom. The van der Waals surface area contributed by atoms with E-state index in [0.29, 0.717) is 6.04 Å². The summed E-state index contributed by atoms with van der Waals surface area (Å²) >= 11 is 1.80. The van der Waals surface area contributed by atoms with Crippen LogP contribution in [0.2, 0.25) is 0 Å². The number of rotatable bonds is 8. The summed E-state index contributed by atoms with van der Waals surface area (Å²) in [6, 6.07) is 4.94. The smallest absolute Gasteiger partial charge is 0.0791 e. The monoisotopic (exact) mass is 254 g/mol. The van der Waals surface area contributed by atoms with Crippen molar-refractivity contribution < 1.29 is 5.11 Å². The number of thiophene rings is 1. The van der Waals surface area contributed by atoms with Crippen LogP contribution >= 0.6 is 11.3 Å². The van der Waals surface area contributed by atoms with Gasteiger partial charge >= 0.3 is 0 Å². The van der Waals surface area contributed by atoms with Gasteiger partial charge in [0.1, 0.15) is 0 Å². The van der Waals surface area contributed by atoms with E-state index in [-0.39, 0.29) is 6.10 Å². The second-order valence-electron chi connectivity index (χ2n) is 4.93. The van der Waals surface area contributed by atoms with Gasteiger partial charge in [-0.1, -0.05) is 6.07 Å². The van der Waals surface area contributed by atoms with E-state index >= 15 is 0 Å². The van der Waals surface area contributed by atoms with Gasteiger partial charge in [-0.15, -0.1) is 11.3 Å². The number of likely N-dealkylation sites (N-methyl/N-ethyl adjacent to an activating group) is 1. The standard InChI is InChI=1S/C13H22N2OS/c1-15(7-6-13-3-2-8-17-13)10-12(16)9-14-11-4-5-11/h2-3,8,11-12,14,16H,4-7,9-10H2,1H3. The van der Waals surface area contributed by atoms with Crippen LogP contribution in [-0.4, -0.2) is 48.8 Å². The van der Waals surface area contributed by atoms with Crippen LogP contribution in [0.3, 0.4) is 0 Å². The molecule has 1 atom stereocenters. The summed E-state index contributed by atoms with van der Waals surface area (Å²) in [5.41, 5.74) is 0. The highest BCUT2D eigenvalue weighted by molar-refractivity contribution is 7.09. The first-order valence-electron chi connectivity index (χ1n) is 6.36. The molecule has 0 aliphatic heterocycles. The van der Waals surface area contributed by atoms with E-state index in [0.717, 1.165) is 26.1 Å². The third kappa shape index (κ3) is 5.17. The van der Waals surface area contributed by atoms with Gasteiger partial charge in [0.25, 0.3) is 0 Å². The van der Waals surface area contributed by atoms with Gasteiger partial charge in [-0.3, -0.25) is 0 Å². The number of aliphatic hydroxyl groups excluding tert-OH is 1. The molecule has 3 nitrogen and oxygen atoms in total. The lowest BCUT2D eigenvalue weighted by atomic mass is 10.3. The van der Waals surface area contributed by atoms with Crippen molar-refractivity contribution in [3.05, 3.63) is 22.4 Å². The summed E-state index contributed by atoms with van der Waals surface area (Å²) in [5.74, 6) is 0. The number of nitrogens with one attached hydrogen (secondary N) is 1. The second kappa shape index (κ2) is 6.50. The summed E-state index contributed by atoms with van der Waals surface area (Å²) < 4.78 is 0. The molecule has 0 spiro atoms. The van der Waals surface area contributed by atoms with Gasteiger partial charge in [-0.2, -0.15) is 0 Å². The van der Waals surface area contributed by atoms with Crippen molar-refractivity contribution in [3.63, 3.8) is 0 Å². The first-order chi connectivity index (χ1) is 8.24. The van der Waals surface area contributed by atoms with Crippen LogP contribution in [0.4, 0.5) is 0 Å². The average Bonchev–Trinajstić information content (AvgIpc) is 2.99. The highest BCUT2D eigenvalue weighted by Gasteiger charge is 2.21. The third-order valence-corrected chi connectivity index (χ3v) is 4.00. The molecule has 0 saturated heterocycles. The van der Waals surface area contributed by atoms with Crippen molar-refractivity contribution in [2.24, 2.45) is 0 Å². The van der Waals surface area contributed by atoms with Crippen molar-refractivity contribution in [1.82, 2.24) is 10.2 Å². The fraction of sp³-hybridized carbons (Fsp3) is 0.692. The lowest BCUT2D eigenvalue weighted by Gasteiger charge is -2.20. The van der Waals surface area contributed by atoms with E-state index < -0.39 is 0 Å². The molecule has 4 heteroatoms. The van der Waals surface area contributed by atoms with Crippen LogP contribution in [0, 0.1) is 0 Å². The van der Waals surface area contributed by atoms with E-state index in [2.05, 4.69) is 34.8 Å². The van der Waals surface area contributed by atoms with Crippen LogP contribution in [0.25, 0.3) is 0 Å². The van der Waals surface area contributed by atoms with E-state index in [1.807, 2.05) is 0 Å². The quantitative estimate of drug-likeness (QED) is 0.735. The zero-order valence-electron chi connectivity index (χ0n) is 10.4. The molecule has 1 aliphatic rings. The Morgan fingerprint density at radius 2 is 2.41 bits per heavy atom. The maximum atomic E-state index is 9.85. The Bertz CT molecular complexity index is 311. The summed E-state index contributed by atoms with van der Waals surface area (Å²) in [6.45, 7) is 2.50. The van der Waals surface area contributed by atoms with Crippen LogP contribution in [0.1, 0.15) is 17.7 Å². The first-order valence-corrected chi connectivity index (χ1v) is 7.24. The molecule has 1 saturated carbocycles. The molecule has 96 valence electrons. The lowest BCUT2D eigenvalue weighted by molar-refractivity contribution is 0.124. The summed E-state index contributed by atoms with van der Waals surface area (Å²) in [4.78, 5) is 3.63. The van der Waals surface area contributed by atoms with Gasteiger partial charge in [0.15, 0.2) is 0 Å². The maximum absolute atomic E-state index is 9.85. The van der Waals surface area contributed by atoms with Crippen molar-refractivity contribution in [1.29, 1.82) is 0 Å². The zero-order valence-corrected chi connectivity index (χ0v) is 11.2. The number of nitrogens with zero attached hydrogens (tertiary/aromatic N) is 1. The zero-order chi connectivity index (χ0) is 12.1. The SMILES string of the molecule is CN(CCc1cccs1)CC(O)CNC1CC1. The average molecular weight is 254 g/mol. The third-order valence-electron chi connectivity index (χ3n) is 3.06.